The van der Waals surface area contributed by atoms with E-state index in [2.05, 4.69) is 19.9 Å². The number of pyridine rings is 1. The van der Waals surface area contributed by atoms with Crippen molar-refractivity contribution in [1.82, 2.24) is 9.97 Å². The third-order valence-electron chi connectivity index (χ3n) is 5.47. The molecule has 37 heavy (non-hydrogen) atoms. The minimum Gasteiger partial charge on any atom is -0.490 e. The Hall–Kier alpha value is -4.58. The highest BCUT2D eigenvalue weighted by atomic mass is 19.4. The second kappa shape index (κ2) is 10.6. The van der Waals surface area contributed by atoms with Crippen LogP contribution in [0.25, 0.3) is 22.0 Å². The number of aromatic amines is 1. The minimum absolute atomic E-state index is 0.182. The Morgan fingerprint density at radius 1 is 1.14 bits per heavy atom. The number of H-pyrrole nitrogens is 1. The molecule has 192 valence electrons. The van der Waals surface area contributed by atoms with Crippen LogP contribution < -0.4 is 20.9 Å². The second-order valence-corrected chi connectivity index (χ2v) is 8.13. The van der Waals surface area contributed by atoms with E-state index < -0.39 is 23.7 Å². The highest BCUT2D eigenvalue weighted by molar-refractivity contribution is 6.01. The van der Waals surface area contributed by atoms with Gasteiger partial charge >= 0.3 is 12.1 Å². The number of carbonyl (C=O) groups excluding carboxylic acids is 1. The van der Waals surface area contributed by atoms with Gasteiger partial charge in [0.25, 0.3) is 0 Å². The number of ether oxygens (including phenoxy) is 2. The number of amidine groups is 1. The van der Waals surface area contributed by atoms with E-state index >= 15 is 0 Å². The highest BCUT2D eigenvalue weighted by Gasteiger charge is 2.41. The summed E-state index contributed by atoms with van der Waals surface area (Å²) in [6.45, 7) is 0.182. The fraction of sp³-hybridized carbons (Fsp3) is 0.160. The van der Waals surface area contributed by atoms with Gasteiger partial charge in [0.2, 0.25) is 0 Å². The maximum atomic E-state index is 12.7. The number of aromatic nitrogens is 2. The number of fused-ring (bicyclic) bond motifs is 1. The van der Waals surface area contributed by atoms with Crippen LogP contribution in [0.4, 0.5) is 13.2 Å². The number of halogens is 3. The van der Waals surface area contributed by atoms with E-state index in [1.165, 1.54) is 24.5 Å². The lowest BCUT2D eigenvalue weighted by atomic mass is 10.0. The molecule has 0 amide bonds. The van der Waals surface area contributed by atoms with Crippen LogP contribution in [0.15, 0.2) is 72.3 Å². The molecule has 2 aromatic heterocycles. The Morgan fingerprint density at radius 2 is 1.92 bits per heavy atom. The summed E-state index contributed by atoms with van der Waals surface area (Å²) < 4.78 is 48.5. The quantitative estimate of drug-likeness (QED) is 0.0700. The summed E-state index contributed by atoms with van der Waals surface area (Å²) in [4.78, 5) is 18.7. The largest absolute Gasteiger partial charge is 0.491 e. The third kappa shape index (κ3) is 5.98. The van der Waals surface area contributed by atoms with Crippen molar-refractivity contribution in [2.45, 2.75) is 18.6 Å². The molecular weight excluding hydrogens is 491 g/mol. The fourth-order valence-corrected chi connectivity index (χ4v) is 3.71. The van der Waals surface area contributed by atoms with Crippen LogP contribution in [0.3, 0.4) is 0 Å². The summed E-state index contributed by atoms with van der Waals surface area (Å²) in [5, 5.41) is 12.8. The Balaban J connectivity index is 1.50. The second-order valence-electron chi connectivity index (χ2n) is 8.13. The summed E-state index contributed by atoms with van der Waals surface area (Å²) in [5.41, 5.74) is 14.5. The van der Waals surface area contributed by atoms with E-state index in [0.717, 1.165) is 22.5 Å². The average molecular weight is 513 g/mol. The molecule has 0 radical (unpaired) electrons. The summed E-state index contributed by atoms with van der Waals surface area (Å²) >= 11 is 0. The van der Waals surface area contributed by atoms with E-state index in [9.17, 15) is 18.0 Å². The van der Waals surface area contributed by atoms with Gasteiger partial charge in [-0.05, 0) is 41.8 Å². The number of rotatable bonds is 8. The molecule has 0 aliphatic heterocycles. The number of hydrogen-bond acceptors (Lipinski definition) is 7. The molecule has 0 spiro atoms. The number of nitrogens with two attached hydrogens (primary N) is 2. The molecule has 0 saturated heterocycles. The van der Waals surface area contributed by atoms with Crippen LogP contribution in [0.5, 0.6) is 11.5 Å². The fourth-order valence-electron chi connectivity index (χ4n) is 3.71. The molecule has 0 aliphatic carbocycles. The van der Waals surface area contributed by atoms with E-state index in [0.29, 0.717) is 23.3 Å². The zero-order valence-electron chi connectivity index (χ0n) is 19.2. The van der Waals surface area contributed by atoms with Gasteiger partial charge in [-0.3, -0.25) is 4.98 Å². The molecule has 0 unspecified atom stereocenters. The van der Waals surface area contributed by atoms with Gasteiger partial charge in [-0.1, -0.05) is 29.4 Å². The molecule has 4 aromatic rings. The molecule has 12 heteroatoms. The first-order valence-electron chi connectivity index (χ1n) is 11.0. The van der Waals surface area contributed by atoms with Crippen LogP contribution in [0.1, 0.15) is 11.1 Å². The lowest BCUT2D eigenvalue weighted by Gasteiger charge is -2.14. The van der Waals surface area contributed by atoms with E-state index in [4.69, 9.17) is 21.4 Å². The number of nitrogens with zero attached hydrogens (tertiary/aromatic N) is 2. The van der Waals surface area contributed by atoms with Crippen molar-refractivity contribution in [2.75, 3.05) is 6.61 Å². The lowest BCUT2D eigenvalue weighted by molar-refractivity contribution is -0.189. The zero-order chi connectivity index (χ0) is 26.6. The number of nitrogens with one attached hydrogen (secondary N) is 1. The molecule has 0 bridgehead atoms. The van der Waals surface area contributed by atoms with E-state index in [1.807, 2.05) is 30.5 Å². The number of esters is 1. The standard InChI is InChI=1S/C25H22F3N5O4/c26-25(27,28)24(34)37-22-9-14(5-6-20(22)23(30)33-35)15-8-18(12-31-10-15)36-13-17(29)7-16-11-32-21-4-2-1-3-19(16)21/h1-6,8-12,17,32,35H,7,13,29H2,(H2,30,33)/t17-/m0/s1. The number of hydrogen-bond donors (Lipinski definition) is 4. The van der Waals surface area contributed by atoms with Gasteiger partial charge in [0.1, 0.15) is 18.1 Å². The van der Waals surface area contributed by atoms with Gasteiger partial charge < -0.3 is 31.1 Å². The van der Waals surface area contributed by atoms with Crippen molar-refractivity contribution in [3.05, 3.63) is 78.2 Å². The molecule has 0 aliphatic rings. The van der Waals surface area contributed by atoms with Crippen molar-refractivity contribution in [3.63, 3.8) is 0 Å². The molecule has 9 nitrogen and oxygen atoms in total. The average Bonchev–Trinajstić information content (AvgIpc) is 3.29. The molecule has 0 fully saturated rings. The predicted molar refractivity (Wildman–Crippen MR) is 129 cm³/mol. The van der Waals surface area contributed by atoms with E-state index in [-0.39, 0.29) is 18.2 Å². The summed E-state index contributed by atoms with van der Waals surface area (Å²) in [6, 6.07) is 13.1. The monoisotopic (exact) mass is 513 g/mol. The topological polar surface area (TPSA) is 149 Å². The van der Waals surface area contributed by atoms with Crippen LogP contribution in [-0.4, -0.2) is 45.8 Å². The smallest absolute Gasteiger partial charge is 0.490 e. The van der Waals surface area contributed by atoms with E-state index in [1.54, 1.807) is 6.07 Å². The molecular formula is C25H22F3N5O4. The maximum Gasteiger partial charge on any atom is 0.491 e. The first-order valence-corrected chi connectivity index (χ1v) is 11.0. The minimum atomic E-state index is -5.24. The molecule has 6 N–H and O–H groups in total. The van der Waals surface area contributed by atoms with Crippen molar-refractivity contribution in [3.8, 4) is 22.6 Å². The van der Waals surface area contributed by atoms with Crippen molar-refractivity contribution < 1.29 is 32.6 Å². The number of alkyl halides is 3. The number of benzene rings is 2. The van der Waals surface area contributed by atoms with Gasteiger partial charge in [-0.25, -0.2) is 4.79 Å². The molecule has 2 aromatic carbocycles. The van der Waals surface area contributed by atoms with Gasteiger partial charge in [-0.15, -0.1) is 0 Å². The van der Waals surface area contributed by atoms with Crippen LogP contribution in [0.2, 0.25) is 0 Å². The number of oxime groups is 1. The molecule has 2 heterocycles. The normalized spacial score (nSPS) is 12.9. The number of carbonyl (C=O) groups is 1. The molecule has 0 saturated carbocycles. The maximum absolute atomic E-state index is 12.7. The number of para-hydroxylation sites is 1. The predicted octanol–water partition coefficient (Wildman–Crippen LogP) is 3.74. The van der Waals surface area contributed by atoms with Crippen LogP contribution in [-0.2, 0) is 11.2 Å². The van der Waals surface area contributed by atoms with Gasteiger partial charge in [0, 0.05) is 34.9 Å². The first kappa shape index (κ1) is 25.5. The van der Waals surface area contributed by atoms with Crippen molar-refractivity contribution in [1.29, 1.82) is 0 Å². The van der Waals surface area contributed by atoms with Crippen LogP contribution in [0, 0.1) is 0 Å². The summed E-state index contributed by atoms with van der Waals surface area (Å²) in [6.07, 6.45) is 0.164. The Kier molecular flexibility index (Phi) is 7.30. The SMILES string of the molecule is N/C(=N\O)c1ccc(-c2cncc(OC[C@@H](N)Cc3c[nH]c4ccccc34)c2)cc1OC(=O)C(F)(F)F. The van der Waals surface area contributed by atoms with Crippen molar-refractivity contribution >= 4 is 22.7 Å². The van der Waals surface area contributed by atoms with Gasteiger partial charge in [0.15, 0.2) is 5.84 Å². The van der Waals surface area contributed by atoms with Crippen LogP contribution >= 0.6 is 0 Å². The first-order chi connectivity index (χ1) is 17.7. The summed E-state index contributed by atoms with van der Waals surface area (Å²) in [5.74, 6) is -3.14. The summed E-state index contributed by atoms with van der Waals surface area (Å²) in [7, 11) is 0. The molecule has 1 atom stereocenters. The Labute approximate surface area is 208 Å². The molecule has 4 rings (SSSR count). The van der Waals surface area contributed by atoms with Crippen molar-refractivity contribution in [2.24, 2.45) is 16.6 Å². The Bertz CT molecular complexity index is 1450. The zero-order valence-corrected chi connectivity index (χ0v) is 19.2. The van der Waals surface area contributed by atoms with Gasteiger partial charge in [0.05, 0.1) is 11.8 Å². The third-order valence-corrected chi connectivity index (χ3v) is 5.47. The van der Waals surface area contributed by atoms with Gasteiger partial charge in [-0.2, -0.15) is 13.2 Å². The Morgan fingerprint density at radius 3 is 2.68 bits per heavy atom. The highest BCUT2D eigenvalue weighted by Crippen LogP contribution is 2.30. The lowest BCUT2D eigenvalue weighted by Crippen LogP contribution is -2.30.